The predicted molar refractivity (Wildman–Crippen MR) is 226 cm³/mol. The third-order valence-electron chi connectivity index (χ3n) is 7.23. The second-order valence-corrected chi connectivity index (χ2v) is 18.5. The van der Waals surface area contributed by atoms with E-state index in [1.807, 2.05) is 33.9 Å². The summed E-state index contributed by atoms with van der Waals surface area (Å²) in [4.78, 5) is 71.5. The Hall–Kier alpha value is -5.92. The van der Waals surface area contributed by atoms with Crippen molar-refractivity contribution in [3.8, 4) is 16.9 Å². The molecule has 20 heteroatoms. The van der Waals surface area contributed by atoms with Gasteiger partial charge in [-0.1, -0.05) is 17.3 Å². The number of hydrogen-bond acceptors (Lipinski definition) is 14. The molecular weight excluding hydrogens is 815 g/mol. The van der Waals surface area contributed by atoms with Crippen LogP contribution in [0.1, 0.15) is 95.2 Å². The number of carbonyl (C=O) groups is 5. The molecule has 1 aromatic carbocycles. The number of nitrogens with zero attached hydrogens (tertiary/aromatic N) is 4. The molecule has 2 heterocycles. The van der Waals surface area contributed by atoms with Crippen LogP contribution in [0, 0.1) is 0 Å². The van der Waals surface area contributed by atoms with E-state index < -0.39 is 71.0 Å². The molecule has 19 nitrogen and oxygen atoms in total. The van der Waals surface area contributed by atoms with Crippen molar-refractivity contribution in [2.24, 2.45) is 5.16 Å². The summed E-state index contributed by atoms with van der Waals surface area (Å²) in [7, 11) is 0. The van der Waals surface area contributed by atoms with Crippen LogP contribution in [0.4, 0.5) is 19.5 Å². The van der Waals surface area contributed by atoms with Crippen LogP contribution < -0.4 is 25.4 Å². The summed E-state index contributed by atoms with van der Waals surface area (Å²) in [6.45, 7) is 22.0. The average molecular weight is 875 g/mol. The summed E-state index contributed by atoms with van der Waals surface area (Å²) in [5.74, 6) is -1.99. The van der Waals surface area contributed by atoms with Crippen LogP contribution in [0.5, 0.6) is 5.75 Å². The molecule has 0 saturated heterocycles. The first-order valence-corrected chi connectivity index (χ1v) is 20.5. The summed E-state index contributed by atoms with van der Waals surface area (Å²) in [5, 5.41) is 23.1. The first-order valence-electron chi connectivity index (χ1n) is 19.6. The Balaban J connectivity index is 1.76. The van der Waals surface area contributed by atoms with Gasteiger partial charge in [-0.3, -0.25) is 5.32 Å². The van der Waals surface area contributed by atoms with Crippen molar-refractivity contribution in [3.05, 3.63) is 47.7 Å². The maximum atomic E-state index is 13.2. The fourth-order valence-electron chi connectivity index (χ4n) is 4.94. The lowest BCUT2D eigenvalue weighted by Crippen LogP contribution is -2.45. The highest BCUT2D eigenvalue weighted by atomic mass is 32.1. The van der Waals surface area contributed by atoms with Gasteiger partial charge in [0.25, 0.3) is 6.10 Å². The topological polar surface area (TPSA) is 231 Å². The fourth-order valence-corrected chi connectivity index (χ4v) is 5.62. The number of thiazole rings is 1. The number of carbonyl (C=O) groups excluding carboxylic acids is 4. The molecule has 0 radical (unpaired) electrons. The zero-order valence-electron chi connectivity index (χ0n) is 37.0. The van der Waals surface area contributed by atoms with E-state index in [1.54, 1.807) is 95.2 Å². The number of amides is 3. The van der Waals surface area contributed by atoms with Gasteiger partial charge in [0, 0.05) is 24.9 Å². The molecule has 3 aromatic rings. The SMILES string of the molecule is CC(C)(C)OC(=O)NCCC[n+]1cc(-c2ccc(OCC(O/N=C(\C(=O)O)c3csc(NC(=O)OC(C)(C)C)n3)C(=O)OC(C)(C)C)cc2)cn1CCNC(=O)OC(C)(C)C. The quantitative estimate of drug-likeness (QED) is 0.0293. The Morgan fingerprint density at radius 2 is 1.34 bits per heavy atom. The van der Waals surface area contributed by atoms with E-state index in [0.717, 1.165) is 22.5 Å². The number of aliphatic carboxylic acids is 1. The Kier molecular flexibility index (Phi) is 17.1. The van der Waals surface area contributed by atoms with Gasteiger partial charge in [0.05, 0.1) is 18.3 Å². The van der Waals surface area contributed by atoms with Gasteiger partial charge < -0.3 is 44.3 Å². The molecule has 4 N–H and O–H groups in total. The molecule has 2 aromatic heterocycles. The maximum absolute atomic E-state index is 13.2. The zero-order chi connectivity index (χ0) is 45.8. The minimum Gasteiger partial charge on any atom is -0.489 e. The Bertz CT molecular complexity index is 2000. The van der Waals surface area contributed by atoms with Gasteiger partial charge in [0.2, 0.25) is 11.9 Å². The lowest BCUT2D eigenvalue weighted by Gasteiger charge is -2.23. The summed E-state index contributed by atoms with van der Waals surface area (Å²) in [6, 6.07) is 7.02. The van der Waals surface area contributed by atoms with Gasteiger partial charge in [-0.05, 0) is 101 Å². The van der Waals surface area contributed by atoms with E-state index in [4.69, 9.17) is 28.5 Å². The number of anilines is 1. The summed E-state index contributed by atoms with van der Waals surface area (Å²) in [6.07, 6.45) is 1.17. The zero-order valence-corrected chi connectivity index (χ0v) is 37.8. The highest BCUT2D eigenvalue weighted by Gasteiger charge is 2.30. The summed E-state index contributed by atoms with van der Waals surface area (Å²) >= 11 is 0.940. The lowest BCUT2D eigenvalue weighted by molar-refractivity contribution is -0.775. The van der Waals surface area contributed by atoms with Crippen LogP contribution in [0.15, 0.2) is 47.2 Å². The van der Waals surface area contributed by atoms with Crippen LogP contribution in [-0.4, -0.2) is 98.9 Å². The molecule has 3 rings (SSSR count). The molecule has 1 unspecified atom stereocenters. The third kappa shape index (κ3) is 18.9. The average Bonchev–Trinajstić information content (AvgIpc) is 3.71. The molecule has 0 aliphatic carbocycles. The smallest absolute Gasteiger partial charge is 0.413 e. The number of rotatable bonds is 17. The summed E-state index contributed by atoms with van der Waals surface area (Å²) < 4.78 is 31.2. The molecule has 0 spiro atoms. The Morgan fingerprint density at radius 1 is 0.787 bits per heavy atom. The fraction of sp³-hybridized carbons (Fsp3) is 0.561. The number of carboxylic acid groups (broad SMARTS) is 1. The molecule has 3 amide bonds. The van der Waals surface area contributed by atoms with E-state index in [1.165, 1.54) is 5.38 Å². The molecule has 0 fully saturated rings. The van der Waals surface area contributed by atoms with E-state index in [0.29, 0.717) is 38.3 Å². The first-order chi connectivity index (χ1) is 28.2. The molecule has 61 heavy (non-hydrogen) atoms. The number of aryl methyl sites for hydroxylation is 1. The molecule has 0 saturated carbocycles. The normalized spacial score (nSPS) is 12.8. The minimum atomic E-state index is -1.50. The van der Waals surface area contributed by atoms with Crippen molar-refractivity contribution in [3.63, 3.8) is 0 Å². The number of alkyl carbamates (subject to hydrolysis) is 2. The molecule has 0 aliphatic rings. The van der Waals surface area contributed by atoms with E-state index >= 15 is 0 Å². The van der Waals surface area contributed by atoms with Crippen LogP contribution in [0.2, 0.25) is 0 Å². The second kappa shape index (κ2) is 21.0. The van der Waals surface area contributed by atoms with Gasteiger partial charge in [0.15, 0.2) is 11.7 Å². The number of hydrogen-bond donors (Lipinski definition) is 4. The molecule has 0 bridgehead atoms. The number of carboxylic acids is 1. The number of aromatic nitrogens is 3. The third-order valence-corrected chi connectivity index (χ3v) is 7.99. The summed E-state index contributed by atoms with van der Waals surface area (Å²) in [5.41, 5.74) is -2.02. The van der Waals surface area contributed by atoms with Crippen molar-refractivity contribution >= 4 is 52.4 Å². The molecular formula is C41H60N7O12S+. The minimum absolute atomic E-state index is 0.0582. The number of ether oxygens (including phenoxy) is 5. The second-order valence-electron chi connectivity index (χ2n) is 17.6. The highest BCUT2D eigenvalue weighted by Crippen LogP contribution is 2.23. The molecule has 1 atom stereocenters. The Labute approximate surface area is 360 Å². The van der Waals surface area contributed by atoms with Gasteiger partial charge >= 0.3 is 30.2 Å². The van der Waals surface area contributed by atoms with E-state index in [-0.39, 0.29) is 10.8 Å². The van der Waals surface area contributed by atoms with Gasteiger partial charge in [0.1, 0.15) is 40.5 Å². The largest absolute Gasteiger partial charge is 0.489 e. The number of benzene rings is 1. The van der Waals surface area contributed by atoms with Gasteiger partial charge in [-0.25, -0.2) is 29.0 Å². The highest BCUT2D eigenvalue weighted by molar-refractivity contribution is 7.14. The van der Waals surface area contributed by atoms with Crippen LogP contribution >= 0.6 is 11.3 Å². The van der Waals surface area contributed by atoms with E-state index in [2.05, 4.69) is 26.1 Å². The van der Waals surface area contributed by atoms with Gasteiger partial charge in [-0.15, -0.1) is 16.0 Å². The number of esters is 1. The standard InChI is InChI=1S/C41H59N7O12S/c1-38(2,3)56-33(51)30(60-46-31(32(49)50)29-25-61-34(44-29)45-37(54)59-41(10,11)12)24-55-28-16-14-26(15-17-28)27-22-47(20-13-18-42-35(52)57-39(4,5)6)48(23-27)21-19-43-36(53)58-40(7,8)9/h14-17,22-23,25,30H,13,18-21,24H2,1-12H3,(H3-,42,43,44,45,49,50,52,53,54)/p+1/b46-31-. The van der Waals surface area contributed by atoms with Crippen molar-refractivity contribution in [1.29, 1.82) is 0 Å². The van der Waals surface area contributed by atoms with Crippen molar-refractivity contribution in [1.82, 2.24) is 20.3 Å². The molecule has 0 aliphatic heterocycles. The Morgan fingerprint density at radius 3 is 1.90 bits per heavy atom. The van der Waals surface area contributed by atoms with Crippen molar-refractivity contribution < 1.29 is 62.3 Å². The molecule has 336 valence electrons. The van der Waals surface area contributed by atoms with Gasteiger partial charge in [-0.2, -0.15) is 4.68 Å². The predicted octanol–water partition coefficient (Wildman–Crippen LogP) is 6.28. The first kappa shape index (κ1) is 49.4. The van der Waals surface area contributed by atoms with Crippen LogP contribution in [0.25, 0.3) is 11.1 Å². The van der Waals surface area contributed by atoms with Crippen molar-refractivity contribution in [2.75, 3.05) is 25.0 Å². The monoisotopic (exact) mass is 874 g/mol. The van der Waals surface area contributed by atoms with Crippen molar-refractivity contribution in [2.45, 2.75) is 131 Å². The van der Waals surface area contributed by atoms with E-state index in [9.17, 15) is 29.1 Å². The van der Waals surface area contributed by atoms with Crippen LogP contribution in [0.3, 0.4) is 0 Å². The van der Waals surface area contributed by atoms with Crippen LogP contribution in [-0.2, 0) is 46.5 Å². The number of nitrogens with one attached hydrogen (secondary N) is 3. The maximum Gasteiger partial charge on any atom is 0.413 e. The lowest BCUT2D eigenvalue weighted by atomic mass is 10.1. The number of oxime groups is 1.